The fourth-order valence-corrected chi connectivity index (χ4v) is 5.11. The zero-order chi connectivity index (χ0) is 38.4. The molecule has 0 spiro atoms. The number of carbonyl (C=O) groups excluding carboxylic acids is 7. The van der Waals surface area contributed by atoms with E-state index in [1.54, 1.807) is 34.6 Å². The Morgan fingerprint density at radius 2 is 1.33 bits per heavy atom. The third-order valence-corrected chi connectivity index (χ3v) is 9.05. The van der Waals surface area contributed by atoms with Crippen LogP contribution in [0.2, 0.25) is 25.7 Å². The van der Waals surface area contributed by atoms with Crippen molar-refractivity contribution in [2.45, 2.75) is 123 Å². The van der Waals surface area contributed by atoms with Crippen LogP contribution in [0.4, 0.5) is 4.79 Å². The minimum Gasteiger partial charge on any atom is -0.467 e. The Morgan fingerprint density at radius 1 is 0.796 bits per heavy atom. The zero-order valence-electron chi connectivity index (χ0n) is 31.3. The maximum absolute atomic E-state index is 13.5. The van der Waals surface area contributed by atoms with Crippen molar-refractivity contribution in [1.29, 1.82) is 0 Å². The first-order valence-electron chi connectivity index (χ1n) is 16.2. The highest BCUT2D eigenvalue weighted by molar-refractivity contribution is 6.76. The first-order chi connectivity index (χ1) is 22.4. The SMILES string of the molecule is COC(=O)[C@@H](CCC(=O)N(C)[C@@H](C(=O)N[C@@H](C(=O)OC)[C@H](C)C(=O)N[C@H](C(=O)OCC[Si](C)(C)C)C(C)C)[C@H](C)O)NC(=O)OC(C)(C)C. The van der Waals surface area contributed by atoms with Crippen LogP contribution in [0.25, 0.3) is 0 Å². The number of hydrogen-bond donors (Lipinski definition) is 4. The largest absolute Gasteiger partial charge is 0.467 e. The van der Waals surface area contributed by atoms with Gasteiger partial charge < -0.3 is 44.9 Å². The molecule has 282 valence electrons. The molecule has 0 saturated heterocycles. The quantitative estimate of drug-likeness (QED) is 0.0898. The van der Waals surface area contributed by atoms with Gasteiger partial charge in [0.1, 0.15) is 29.8 Å². The fraction of sp³-hybridized carbons (Fsp3) is 0.781. The predicted molar refractivity (Wildman–Crippen MR) is 182 cm³/mol. The minimum absolute atomic E-state index is 0.209. The Morgan fingerprint density at radius 3 is 1.78 bits per heavy atom. The molecule has 0 aromatic rings. The van der Waals surface area contributed by atoms with E-state index in [2.05, 4.69) is 35.6 Å². The Bertz CT molecular complexity index is 1170. The van der Waals surface area contributed by atoms with E-state index in [9.17, 15) is 38.7 Å². The molecular formula is C32H58N4O12Si. The number of aliphatic hydroxyl groups excluding tert-OH is 1. The average Bonchev–Trinajstić information content (AvgIpc) is 2.97. The number of likely N-dealkylation sites (N-methyl/N-ethyl adjacent to an activating group) is 1. The van der Waals surface area contributed by atoms with Gasteiger partial charge >= 0.3 is 24.0 Å². The van der Waals surface area contributed by atoms with E-state index in [1.165, 1.54) is 20.9 Å². The van der Waals surface area contributed by atoms with Gasteiger partial charge in [0.15, 0.2) is 0 Å². The van der Waals surface area contributed by atoms with Gasteiger partial charge in [-0.05, 0) is 46.1 Å². The van der Waals surface area contributed by atoms with E-state index >= 15 is 0 Å². The summed E-state index contributed by atoms with van der Waals surface area (Å²) in [6, 6.07) is -4.67. The average molecular weight is 719 g/mol. The van der Waals surface area contributed by atoms with Gasteiger partial charge in [-0.1, -0.05) is 40.4 Å². The second-order valence-electron chi connectivity index (χ2n) is 14.5. The lowest BCUT2D eigenvalue weighted by Gasteiger charge is -2.32. The number of esters is 3. The normalized spacial score (nSPS) is 15.3. The van der Waals surface area contributed by atoms with Crippen molar-refractivity contribution >= 4 is 49.8 Å². The summed E-state index contributed by atoms with van der Waals surface area (Å²) in [5, 5.41) is 17.9. The van der Waals surface area contributed by atoms with E-state index in [0.717, 1.165) is 25.2 Å². The van der Waals surface area contributed by atoms with E-state index in [0.29, 0.717) is 0 Å². The summed E-state index contributed by atoms with van der Waals surface area (Å²) >= 11 is 0. The van der Waals surface area contributed by atoms with Gasteiger partial charge in [-0.25, -0.2) is 19.2 Å². The van der Waals surface area contributed by atoms with Crippen LogP contribution < -0.4 is 16.0 Å². The van der Waals surface area contributed by atoms with Crippen LogP contribution in [0, 0.1) is 11.8 Å². The highest BCUT2D eigenvalue weighted by Gasteiger charge is 2.39. The van der Waals surface area contributed by atoms with E-state index < -0.39 is 91.6 Å². The smallest absolute Gasteiger partial charge is 0.408 e. The number of carbonyl (C=O) groups is 7. The maximum Gasteiger partial charge on any atom is 0.408 e. The van der Waals surface area contributed by atoms with Crippen molar-refractivity contribution in [3.63, 3.8) is 0 Å². The lowest BCUT2D eigenvalue weighted by atomic mass is 9.97. The molecule has 4 N–H and O–H groups in total. The first-order valence-corrected chi connectivity index (χ1v) is 19.9. The highest BCUT2D eigenvalue weighted by Crippen LogP contribution is 2.15. The minimum atomic E-state index is -1.57. The Hall–Kier alpha value is -3.73. The van der Waals surface area contributed by atoms with Crippen molar-refractivity contribution in [3.05, 3.63) is 0 Å². The van der Waals surface area contributed by atoms with E-state index in [1.807, 2.05) is 0 Å². The van der Waals surface area contributed by atoms with Crippen molar-refractivity contribution in [3.8, 4) is 0 Å². The second kappa shape index (κ2) is 20.1. The number of ether oxygens (including phenoxy) is 4. The number of rotatable bonds is 18. The zero-order valence-corrected chi connectivity index (χ0v) is 32.3. The third-order valence-electron chi connectivity index (χ3n) is 7.34. The monoisotopic (exact) mass is 718 g/mol. The van der Waals surface area contributed by atoms with Crippen LogP contribution in [0.5, 0.6) is 0 Å². The van der Waals surface area contributed by atoms with E-state index in [-0.39, 0.29) is 25.4 Å². The summed E-state index contributed by atoms with van der Waals surface area (Å²) in [6.07, 6.45) is -2.96. The first kappa shape index (κ1) is 45.3. The molecule has 0 fully saturated rings. The molecule has 49 heavy (non-hydrogen) atoms. The molecule has 0 aliphatic carbocycles. The van der Waals surface area contributed by atoms with Gasteiger partial charge in [0, 0.05) is 21.5 Å². The molecule has 0 rings (SSSR count). The van der Waals surface area contributed by atoms with Gasteiger partial charge in [0.25, 0.3) is 0 Å². The van der Waals surface area contributed by atoms with Gasteiger partial charge in [-0.2, -0.15) is 0 Å². The van der Waals surface area contributed by atoms with Crippen LogP contribution in [0.3, 0.4) is 0 Å². The lowest BCUT2D eigenvalue weighted by Crippen LogP contribution is -2.59. The van der Waals surface area contributed by atoms with Crippen LogP contribution in [0.15, 0.2) is 0 Å². The summed E-state index contributed by atoms with van der Waals surface area (Å²) in [4.78, 5) is 91.0. The lowest BCUT2D eigenvalue weighted by molar-refractivity contribution is -0.152. The van der Waals surface area contributed by atoms with Crippen LogP contribution in [0.1, 0.15) is 61.3 Å². The molecule has 0 aliphatic heterocycles. The molecule has 17 heteroatoms. The standard InChI is InChI=1S/C32H58N4O12Si/c1-18(2)23(30(43)47-16-17-49(11,12)13)34-26(39)19(3)24(29(42)46-10)35-27(40)25(20(4)37)36(8)22(38)15-14-21(28(41)45-9)33-31(44)48-32(5,6)7/h18-21,23-25,37H,14-17H2,1-13H3,(H,33,44)(H,34,39)(H,35,40)/t19-,20-,21+,23-,24+,25+/m0/s1. The van der Waals surface area contributed by atoms with Gasteiger partial charge in [-0.3, -0.25) is 14.4 Å². The number of alkyl carbamates (subject to hydrolysis) is 1. The molecule has 0 heterocycles. The van der Waals surface area contributed by atoms with Crippen molar-refractivity contribution in [1.82, 2.24) is 20.9 Å². The molecular weight excluding hydrogens is 660 g/mol. The van der Waals surface area contributed by atoms with Crippen molar-refractivity contribution in [2.75, 3.05) is 27.9 Å². The van der Waals surface area contributed by atoms with E-state index in [4.69, 9.17) is 18.9 Å². The molecule has 6 atom stereocenters. The number of nitrogens with zero attached hydrogens (tertiary/aromatic N) is 1. The molecule has 0 radical (unpaired) electrons. The third kappa shape index (κ3) is 16.5. The molecule has 0 aromatic carbocycles. The number of methoxy groups -OCH3 is 2. The molecule has 0 bridgehead atoms. The maximum atomic E-state index is 13.5. The number of nitrogens with one attached hydrogen (secondary N) is 3. The van der Waals surface area contributed by atoms with Crippen LogP contribution >= 0.6 is 0 Å². The Labute approximate surface area is 290 Å². The number of hydrogen-bond acceptors (Lipinski definition) is 12. The summed E-state index contributed by atoms with van der Waals surface area (Å²) in [5.41, 5.74) is -0.853. The predicted octanol–water partition coefficient (Wildman–Crippen LogP) is 1.36. The number of aliphatic hydroxyl groups is 1. The van der Waals surface area contributed by atoms with Gasteiger partial charge in [0.05, 0.1) is 32.8 Å². The Balaban J connectivity index is 5.84. The van der Waals surface area contributed by atoms with Gasteiger partial charge in [0.2, 0.25) is 17.7 Å². The topological polar surface area (TPSA) is 216 Å². The summed E-state index contributed by atoms with van der Waals surface area (Å²) in [6.45, 7) is 17.5. The molecule has 0 unspecified atom stereocenters. The second-order valence-corrected chi connectivity index (χ2v) is 20.1. The molecule has 16 nitrogen and oxygen atoms in total. The number of amides is 4. The Kier molecular flexibility index (Phi) is 18.5. The molecule has 0 aromatic heterocycles. The van der Waals surface area contributed by atoms with Gasteiger partial charge in [-0.15, -0.1) is 0 Å². The summed E-state index contributed by atoms with van der Waals surface area (Å²) < 4.78 is 20.1. The van der Waals surface area contributed by atoms with Crippen molar-refractivity contribution < 1.29 is 57.6 Å². The van der Waals surface area contributed by atoms with Crippen LogP contribution in [-0.2, 0) is 47.7 Å². The summed E-state index contributed by atoms with van der Waals surface area (Å²) in [7, 11) is 1.92. The fourth-order valence-electron chi connectivity index (χ4n) is 4.39. The van der Waals surface area contributed by atoms with Crippen molar-refractivity contribution in [2.24, 2.45) is 11.8 Å². The molecule has 0 saturated carbocycles. The molecule has 0 aliphatic rings. The summed E-state index contributed by atoms with van der Waals surface area (Å²) in [5.74, 6) is -6.50. The highest BCUT2D eigenvalue weighted by atomic mass is 28.3. The molecule has 4 amide bonds. The van der Waals surface area contributed by atoms with Crippen LogP contribution in [-0.4, -0.2) is 124 Å².